The molecule has 1 saturated heterocycles. The lowest BCUT2D eigenvalue weighted by atomic mass is 9.96. The molecular weight excluding hydrogens is 272 g/mol. The fourth-order valence-corrected chi connectivity index (χ4v) is 3.45. The predicted molar refractivity (Wildman–Crippen MR) is 84.8 cm³/mol. The molecule has 110 valence electrons. The summed E-state index contributed by atoms with van der Waals surface area (Å²) < 4.78 is 0. The Labute approximate surface area is 127 Å². The summed E-state index contributed by atoms with van der Waals surface area (Å²) >= 11 is 0. The Morgan fingerprint density at radius 3 is 2.85 bits per heavy atom. The Morgan fingerprint density at radius 2 is 2.15 bits per heavy atom. The van der Waals surface area contributed by atoms with Crippen molar-refractivity contribution in [2.24, 2.45) is 5.92 Å². The van der Waals surface area contributed by atoms with E-state index in [2.05, 4.69) is 30.1 Å². The van der Waals surface area contributed by atoms with Crippen molar-refractivity contribution in [3.8, 4) is 0 Å². The van der Waals surface area contributed by atoms with Crippen LogP contribution in [0.4, 0.5) is 5.69 Å². The van der Waals surface area contributed by atoms with Crippen molar-refractivity contribution in [1.82, 2.24) is 4.90 Å². The summed E-state index contributed by atoms with van der Waals surface area (Å²) in [6, 6.07) is 6.44. The van der Waals surface area contributed by atoms with Crippen molar-refractivity contribution in [1.29, 1.82) is 0 Å². The van der Waals surface area contributed by atoms with Gasteiger partial charge in [-0.1, -0.05) is 13.0 Å². The molecule has 2 aliphatic heterocycles. The van der Waals surface area contributed by atoms with Crippen LogP contribution in [0.2, 0.25) is 0 Å². The van der Waals surface area contributed by atoms with Crippen molar-refractivity contribution in [3.63, 3.8) is 0 Å². The lowest BCUT2D eigenvalue weighted by molar-refractivity contribution is 0.0742. The molecule has 1 N–H and O–H groups in total. The number of carbonyl (C=O) groups is 1. The molecule has 4 heteroatoms. The van der Waals surface area contributed by atoms with Gasteiger partial charge in [0.2, 0.25) is 0 Å². The van der Waals surface area contributed by atoms with Crippen molar-refractivity contribution in [2.75, 3.05) is 18.4 Å². The Morgan fingerprint density at radius 1 is 1.35 bits per heavy atom. The van der Waals surface area contributed by atoms with E-state index >= 15 is 0 Å². The normalized spacial score (nSPS) is 24.6. The molecular formula is C16H23ClN2O. The topological polar surface area (TPSA) is 32.3 Å². The molecule has 3 rings (SSSR count). The summed E-state index contributed by atoms with van der Waals surface area (Å²) in [5.74, 6) is 0.842. The average Bonchev–Trinajstić information content (AvgIpc) is 2.76. The third-order valence-electron chi connectivity index (χ3n) is 4.37. The maximum absolute atomic E-state index is 12.8. The highest BCUT2D eigenvalue weighted by Crippen LogP contribution is 2.29. The molecule has 0 saturated carbocycles. The molecule has 2 unspecified atom stereocenters. The van der Waals surface area contributed by atoms with Crippen LogP contribution in [0.25, 0.3) is 0 Å². The summed E-state index contributed by atoms with van der Waals surface area (Å²) in [5, 5.41) is 3.40. The first-order valence-corrected chi connectivity index (χ1v) is 7.33. The zero-order chi connectivity index (χ0) is 13.4. The second kappa shape index (κ2) is 6.04. The van der Waals surface area contributed by atoms with Crippen molar-refractivity contribution in [3.05, 3.63) is 29.3 Å². The number of hydrogen-bond acceptors (Lipinski definition) is 2. The number of anilines is 1. The second-order valence-electron chi connectivity index (χ2n) is 6.01. The number of likely N-dealkylation sites (tertiary alicyclic amines) is 1. The van der Waals surface area contributed by atoms with Gasteiger partial charge in [-0.2, -0.15) is 0 Å². The number of rotatable bonds is 1. The molecule has 0 spiro atoms. The Balaban J connectivity index is 0.00000147. The van der Waals surface area contributed by atoms with Crippen LogP contribution in [0.1, 0.15) is 42.6 Å². The number of hydrogen-bond donors (Lipinski definition) is 1. The smallest absolute Gasteiger partial charge is 0.254 e. The third-order valence-corrected chi connectivity index (χ3v) is 4.37. The minimum absolute atomic E-state index is 0. The van der Waals surface area contributed by atoms with Crippen LogP contribution in [0.15, 0.2) is 18.2 Å². The van der Waals surface area contributed by atoms with Gasteiger partial charge in [-0.05, 0) is 49.8 Å². The summed E-state index contributed by atoms with van der Waals surface area (Å²) in [7, 11) is 0. The number of carbonyl (C=O) groups excluding carboxylic acids is 1. The quantitative estimate of drug-likeness (QED) is 0.861. The van der Waals surface area contributed by atoms with Gasteiger partial charge in [0.1, 0.15) is 0 Å². The van der Waals surface area contributed by atoms with Crippen LogP contribution in [-0.2, 0) is 6.42 Å². The van der Waals surface area contributed by atoms with E-state index in [1.807, 2.05) is 12.1 Å². The zero-order valence-electron chi connectivity index (χ0n) is 12.2. The van der Waals surface area contributed by atoms with Gasteiger partial charge < -0.3 is 10.2 Å². The molecule has 0 aromatic heterocycles. The number of benzene rings is 1. The van der Waals surface area contributed by atoms with Crippen molar-refractivity contribution < 1.29 is 4.79 Å². The van der Waals surface area contributed by atoms with Crippen LogP contribution < -0.4 is 5.32 Å². The van der Waals surface area contributed by atoms with E-state index < -0.39 is 0 Å². The zero-order valence-corrected chi connectivity index (χ0v) is 13.0. The fourth-order valence-electron chi connectivity index (χ4n) is 3.45. The van der Waals surface area contributed by atoms with Crippen LogP contribution in [0.5, 0.6) is 0 Å². The van der Waals surface area contributed by atoms with Crippen LogP contribution in [-0.4, -0.2) is 29.9 Å². The highest BCUT2D eigenvalue weighted by atomic mass is 35.5. The van der Waals surface area contributed by atoms with E-state index in [0.29, 0.717) is 12.0 Å². The van der Waals surface area contributed by atoms with Crippen LogP contribution >= 0.6 is 12.4 Å². The molecule has 1 fully saturated rings. The molecule has 20 heavy (non-hydrogen) atoms. The lowest BCUT2D eigenvalue weighted by Gasteiger charge is -2.26. The first kappa shape index (κ1) is 15.2. The predicted octanol–water partition coefficient (Wildman–Crippen LogP) is 3.34. The lowest BCUT2D eigenvalue weighted by Crippen LogP contribution is -2.35. The first-order chi connectivity index (χ1) is 9.16. The Kier molecular flexibility index (Phi) is 4.59. The van der Waals surface area contributed by atoms with Crippen LogP contribution in [0, 0.1) is 5.92 Å². The summed E-state index contributed by atoms with van der Waals surface area (Å²) in [6.45, 7) is 6.31. The first-order valence-electron chi connectivity index (χ1n) is 7.33. The largest absolute Gasteiger partial charge is 0.385 e. The number of amides is 1. The number of nitrogens with zero attached hydrogens (tertiary/aromatic N) is 1. The minimum atomic E-state index is 0. The number of nitrogens with one attached hydrogen (secondary N) is 1. The fraction of sp³-hybridized carbons (Fsp3) is 0.562. The van der Waals surface area contributed by atoms with E-state index in [1.54, 1.807) is 0 Å². The average molecular weight is 295 g/mol. The highest BCUT2D eigenvalue weighted by Gasteiger charge is 2.31. The molecule has 2 atom stereocenters. The van der Waals surface area contributed by atoms with Gasteiger partial charge in [-0.15, -0.1) is 12.4 Å². The molecule has 0 bridgehead atoms. The van der Waals surface area contributed by atoms with Crippen molar-refractivity contribution in [2.45, 2.75) is 39.2 Å². The van der Waals surface area contributed by atoms with Crippen LogP contribution in [0.3, 0.4) is 0 Å². The third kappa shape index (κ3) is 2.64. The van der Waals surface area contributed by atoms with Gasteiger partial charge in [-0.25, -0.2) is 0 Å². The minimum Gasteiger partial charge on any atom is -0.385 e. The SMILES string of the molecule is CC1CC(C)N(C(=O)c2cccc3c2CCCN3)C1.Cl. The molecule has 2 aliphatic rings. The van der Waals surface area contributed by atoms with E-state index in [-0.39, 0.29) is 18.3 Å². The summed E-state index contributed by atoms with van der Waals surface area (Å²) in [5.41, 5.74) is 3.27. The van der Waals surface area contributed by atoms with Gasteiger partial charge in [0.05, 0.1) is 0 Å². The Bertz CT molecular complexity index is 503. The van der Waals surface area contributed by atoms with Gasteiger partial charge in [0.25, 0.3) is 5.91 Å². The molecule has 1 aromatic carbocycles. The van der Waals surface area contributed by atoms with E-state index in [9.17, 15) is 4.79 Å². The number of halogens is 1. The van der Waals surface area contributed by atoms with Gasteiger partial charge >= 0.3 is 0 Å². The standard InChI is InChI=1S/C16H22N2O.ClH/c1-11-9-12(2)18(10-11)16(19)14-5-3-7-15-13(14)6-4-8-17-15;/h3,5,7,11-12,17H,4,6,8-10H2,1-2H3;1H. The highest BCUT2D eigenvalue weighted by molar-refractivity contribution is 5.97. The van der Waals surface area contributed by atoms with E-state index in [4.69, 9.17) is 0 Å². The van der Waals surface area contributed by atoms with Gasteiger partial charge in [0.15, 0.2) is 0 Å². The van der Waals surface area contributed by atoms with Gasteiger partial charge in [0, 0.05) is 30.4 Å². The summed E-state index contributed by atoms with van der Waals surface area (Å²) in [6.07, 6.45) is 3.25. The van der Waals surface area contributed by atoms with E-state index in [1.165, 1.54) is 5.56 Å². The molecule has 1 amide bonds. The van der Waals surface area contributed by atoms with Gasteiger partial charge in [-0.3, -0.25) is 4.79 Å². The maximum atomic E-state index is 12.8. The maximum Gasteiger partial charge on any atom is 0.254 e. The monoisotopic (exact) mass is 294 g/mol. The molecule has 1 aromatic rings. The molecule has 0 radical (unpaired) electrons. The van der Waals surface area contributed by atoms with Crippen molar-refractivity contribution >= 4 is 24.0 Å². The van der Waals surface area contributed by atoms with E-state index in [0.717, 1.165) is 43.6 Å². The second-order valence-corrected chi connectivity index (χ2v) is 6.01. The Hall–Kier alpha value is -1.22. The molecule has 2 heterocycles. The number of fused-ring (bicyclic) bond motifs is 1. The molecule has 0 aliphatic carbocycles. The molecule has 3 nitrogen and oxygen atoms in total. The summed E-state index contributed by atoms with van der Waals surface area (Å²) in [4.78, 5) is 14.8.